The highest BCUT2D eigenvalue weighted by molar-refractivity contribution is 5.37. The summed E-state index contributed by atoms with van der Waals surface area (Å²) in [4.78, 5) is 9.43. The molecule has 0 atom stereocenters. The number of ether oxygens (including phenoxy) is 2. The molecule has 118 valence electrons. The van der Waals surface area contributed by atoms with Crippen LogP contribution in [0, 0.1) is 0 Å². The van der Waals surface area contributed by atoms with Crippen LogP contribution in [0.3, 0.4) is 0 Å². The molecule has 0 unspecified atom stereocenters. The lowest BCUT2D eigenvalue weighted by Gasteiger charge is -2.28. The van der Waals surface area contributed by atoms with Crippen LogP contribution in [-0.4, -0.2) is 30.2 Å². The van der Waals surface area contributed by atoms with Gasteiger partial charge in [-0.1, -0.05) is 6.92 Å². The average molecular weight is 293 g/mol. The molecule has 1 heterocycles. The van der Waals surface area contributed by atoms with Crippen molar-refractivity contribution < 1.29 is 9.47 Å². The molecule has 5 heteroatoms. The molecule has 0 saturated heterocycles. The van der Waals surface area contributed by atoms with Gasteiger partial charge in [-0.3, -0.25) is 0 Å². The van der Waals surface area contributed by atoms with Gasteiger partial charge in [-0.2, -0.15) is 0 Å². The van der Waals surface area contributed by atoms with E-state index < -0.39 is 0 Å². The second kappa shape index (κ2) is 7.71. The average Bonchev–Trinajstić information content (AvgIpc) is 2.95. The Morgan fingerprint density at radius 3 is 2.62 bits per heavy atom. The maximum absolute atomic E-state index is 6.08. The van der Waals surface area contributed by atoms with Crippen molar-refractivity contribution in [2.75, 3.05) is 25.6 Å². The van der Waals surface area contributed by atoms with Crippen LogP contribution in [0.4, 0.5) is 5.82 Å². The molecule has 0 radical (unpaired) electrons. The van der Waals surface area contributed by atoms with E-state index in [0.29, 0.717) is 13.2 Å². The van der Waals surface area contributed by atoms with E-state index in [1.54, 1.807) is 7.11 Å². The van der Waals surface area contributed by atoms with Crippen molar-refractivity contribution in [3.63, 3.8) is 0 Å². The first-order valence-corrected chi connectivity index (χ1v) is 7.99. The Hall–Kier alpha value is -1.20. The van der Waals surface area contributed by atoms with Crippen molar-refractivity contribution >= 4 is 5.82 Å². The lowest BCUT2D eigenvalue weighted by Crippen LogP contribution is -2.29. The molecule has 21 heavy (non-hydrogen) atoms. The van der Waals surface area contributed by atoms with Crippen LogP contribution in [0.15, 0.2) is 6.07 Å². The van der Waals surface area contributed by atoms with E-state index in [1.807, 2.05) is 13.0 Å². The van der Waals surface area contributed by atoms with Crippen LogP contribution < -0.4 is 5.32 Å². The summed E-state index contributed by atoms with van der Waals surface area (Å²) in [6, 6.07) is 1.97. The largest absolute Gasteiger partial charge is 0.378 e. The third-order valence-corrected chi connectivity index (χ3v) is 3.87. The molecule has 5 nitrogen and oxygen atoms in total. The van der Waals surface area contributed by atoms with Gasteiger partial charge in [0, 0.05) is 26.3 Å². The quantitative estimate of drug-likeness (QED) is 0.797. The third-order valence-electron chi connectivity index (χ3n) is 3.87. The Bertz CT molecular complexity index is 445. The number of rotatable bonds is 8. The van der Waals surface area contributed by atoms with Gasteiger partial charge in [-0.25, -0.2) is 9.97 Å². The fourth-order valence-electron chi connectivity index (χ4n) is 2.92. The third kappa shape index (κ3) is 3.92. The minimum Gasteiger partial charge on any atom is -0.378 e. The number of nitrogens with zero attached hydrogens (tertiary/aromatic N) is 2. The van der Waals surface area contributed by atoms with Gasteiger partial charge in [0.1, 0.15) is 11.4 Å². The fourth-order valence-corrected chi connectivity index (χ4v) is 2.92. The molecule has 1 aromatic heterocycles. The molecule has 1 aromatic rings. The number of hydrogen-bond acceptors (Lipinski definition) is 5. The monoisotopic (exact) mass is 293 g/mol. The minimum absolute atomic E-state index is 0.304. The highest BCUT2D eigenvalue weighted by Crippen LogP contribution is 2.40. The molecule has 1 fully saturated rings. The van der Waals surface area contributed by atoms with Crippen molar-refractivity contribution in [1.82, 2.24) is 9.97 Å². The zero-order chi connectivity index (χ0) is 15.1. The zero-order valence-corrected chi connectivity index (χ0v) is 13.4. The summed E-state index contributed by atoms with van der Waals surface area (Å²) in [6.07, 6.45) is 5.43. The Labute approximate surface area is 127 Å². The molecule has 1 aliphatic rings. The first-order chi connectivity index (χ1) is 10.2. The van der Waals surface area contributed by atoms with Gasteiger partial charge < -0.3 is 14.8 Å². The van der Waals surface area contributed by atoms with Gasteiger partial charge in [0.2, 0.25) is 0 Å². The van der Waals surface area contributed by atoms with Gasteiger partial charge in [0.15, 0.2) is 5.82 Å². The normalized spacial score (nSPS) is 17.1. The standard InChI is InChI=1S/C16H27N3O2/c1-4-10-17-14-11-13(12-20-3)18-15(19-14)16(21-5-2)8-6-7-9-16/h11H,4-10,12H2,1-3H3,(H,17,18,19). The number of hydrogen-bond donors (Lipinski definition) is 1. The van der Waals surface area contributed by atoms with Crippen LogP contribution in [0.25, 0.3) is 0 Å². The maximum Gasteiger partial charge on any atom is 0.162 e. The van der Waals surface area contributed by atoms with Crippen LogP contribution in [-0.2, 0) is 21.7 Å². The predicted octanol–water partition coefficient (Wildman–Crippen LogP) is 3.25. The van der Waals surface area contributed by atoms with E-state index in [-0.39, 0.29) is 5.60 Å². The van der Waals surface area contributed by atoms with Crippen molar-refractivity contribution in [1.29, 1.82) is 0 Å². The molecule has 1 saturated carbocycles. The van der Waals surface area contributed by atoms with Crippen LogP contribution >= 0.6 is 0 Å². The van der Waals surface area contributed by atoms with Crippen molar-refractivity contribution in [2.24, 2.45) is 0 Å². The van der Waals surface area contributed by atoms with E-state index in [2.05, 4.69) is 12.2 Å². The molecule has 0 amide bonds. The first kappa shape index (κ1) is 16.2. The molecular formula is C16H27N3O2. The van der Waals surface area contributed by atoms with Crippen molar-refractivity contribution in [3.05, 3.63) is 17.6 Å². The highest BCUT2D eigenvalue weighted by Gasteiger charge is 2.39. The summed E-state index contributed by atoms with van der Waals surface area (Å²) in [7, 11) is 1.69. The summed E-state index contributed by atoms with van der Waals surface area (Å²) in [5.41, 5.74) is 0.605. The topological polar surface area (TPSA) is 56.3 Å². The van der Waals surface area contributed by atoms with E-state index in [9.17, 15) is 0 Å². The van der Waals surface area contributed by atoms with Crippen LogP contribution in [0.2, 0.25) is 0 Å². The molecule has 1 N–H and O–H groups in total. The maximum atomic E-state index is 6.08. The van der Waals surface area contributed by atoms with E-state index in [0.717, 1.165) is 43.1 Å². The van der Waals surface area contributed by atoms with E-state index >= 15 is 0 Å². The summed E-state index contributed by atoms with van der Waals surface area (Å²) in [5, 5.41) is 3.35. The number of anilines is 1. The van der Waals surface area contributed by atoms with Gasteiger partial charge in [0.05, 0.1) is 12.3 Å². The van der Waals surface area contributed by atoms with Gasteiger partial charge in [-0.15, -0.1) is 0 Å². The second-order valence-corrected chi connectivity index (χ2v) is 5.56. The van der Waals surface area contributed by atoms with E-state index in [1.165, 1.54) is 12.8 Å². The fraction of sp³-hybridized carbons (Fsp3) is 0.750. The smallest absolute Gasteiger partial charge is 0.162 e. The Kier molecular flexibility index (Phi) is 5.94. The number of nitrogens with one attached hydrogen (secondary N) is 1. The molecule has 2 rings (SSSR count). The molecule has 0 aromatic carbocycles. The van der Waals surface area contributed by atoms with Gasteiger partial charge in [-0.05, 0) is 39.0 Å². The summed E-state index contributed by atoms with van der Waals surface area (Å²) < 4.78 is 11.3. The molecule has 1 aliphatic carbocycles. The minimum atomic E-state index is -0.304. The highest BCUT2D eigenvalue weighted by atomic mass is 16.5. The zero-order valence-electron chi connectivity index (χ0n) is 13.4. The van der Waals surface area contributed by atoms with Gasteiger partial charge >= 0.3 is 0 Å². The van der Waals surface area contributed by atoms with Gasteiger partial charge in [0.25, 0.3) is 0 Å². The molecular weight excluding hydrogens is 266 g/mol. The lowest BCUT2D eigenvalue weighted by molar-refractivity contribution is -0.0459. The van der Waals surface area contributed by atoms with Crippen LogP contribution in [0.1, 0.15) is 57.5 Å². The predicted molar refractivity (Wildman–Crippen MR) is 83.3 cm³/mol. The Balaban J connectivity index is 2.32. The molecule has 0 bridgehead atoms. The lowest BCUT2D eigenvalue weighted by atomic mass is 10.0. The van der Waals surface area contributed by atoms with Crippen molar-refractivity contribution in [2.45, 2.75) is 58.2 Å². The molecule has 0 spiro atoms. The number of aromatic nitrogens is 2. The van der Waals surface area contributed by atoms with Crippen LogP contribution in [0.5, 0.6) is 0 Å². The number of methoxy groups -OCH3 is 1. The summed E-state index contributed by atoms with van der Waals surface area (Å²) in [6.45, 7) is 6.28. The first-order valence-electron chi connectivity index (χ1n) is 7.99. The summed E-state index contributed by atoms with van der Waals surface area (Å²) >= 11 is 0. The SMILES string of the molecule is CCCNc1cc(COC)nc(C2(OCC)CCCC2)n1. The van der Waals surface area contributed by atoms with E-state index in [4.69, 9.17) is 19.4 Å². The second-order valence-electron chi connectivity index (χ2n) is 5.56. The Morgan fingerprint density at radius 2 is 2.00 bits per heavy atom. The van der Waals surface area contributed by atoms with Crippen molar-refractivity contribution in [3.8, 4) is 0 Å². The summed E-state index contributed by atoms with van der Waals surface area (Å²) in [5.74, 6) is 1.69. The Morgan fingerprint density at radius 1 is 1.24 bits per heavy atom. The molecule has 0 aliphatic heterocycles.